The third-order valence-electron chi connectivity index (χ3n) is 3.83. The summed E-state index contributed by atoms with van der Waals surface area (Å²) in [4.78, 5) is 4.71. The minimum atomic E-state index is -3.67. The first kappa shape index (κ1) is 21.2. The van der Waals surface area contributed by atoms with Gasteiger partial charge in [-0.1, -0.05) is 51.9 Å². The molecule has 0 aliphatic carbocycles. The van der Waals surface area contributed by atoms with E-state index in [4.69, 9.17) is 4.55 Å². The second kappa shape index (κ2) is 11.8. The van der Waals surface area contributed by atoms with Crippen molar-refractivity contribution in [2.24, 2.45) is 0 Å². The molecule has 0 radical (unpaired) electrons. The average Bonchev–Trinajstić information content (AvgIpc) is 2.72. The van der Waals surface area contributed by atoms with Gasteiger partial charge in [0.05, 0.1) is 12.4 Å². The molecule has 1 rings (SSSR count). The summed E-state index contributed by atoms with van der Waals surface area (Å²) >= 11 is 0. The molecule has 0 spiro atoms. The molecule has 1 N–H and O–H groups in total. The highest BCUT2D eigenvalue weighted by atomic mass is 32.2. The molecule has 0 bridgehead atoms. The van der Waals surface area contributed by atoms with Gasteiger partial charge in [0, 0.05) is 26.0 Å². The highest BCUT2D eigenvalue weighted by Crippen LogP contribution is 2.15. The number of hydrogen-bond donors (Lipinski definition) is 1. The van der Waals surface area contributed by atoms with Crippen LogP contribution < -0.4 is 0 Å². The Morgan fingerprint density at radius 2 is 1.45 bits per heavy atom. The van der Waals surface area contributed by atoms with Crippen LogP contribution in [-0.4, -0.2) is 48.8 Å². The summed E-state index contributed by atoms with van der Waals surface area (Å²) in [5, 5.41) is 0. The minimum Gasteiger partial charge on any atom is -0.359 e. The minimum absolute atomic E-state index is 0.555. The van der Waals surface area contributed by atoms with Crippen LogP contribution in [0, 0.1) is 0 Å². The Balaban J connectivity index is 0.000000763. The van der Waals surface area contributed by atoms with E-state index in [-0.39, 0.29) is 0 Å². The molecule has 0 aromatic carbocycles. The molecule has 0 saturated heterocycles. The van der Waals surface area contributed by atoms with E-state index >= 15 is 0 Å². The Bertz CT molecular complexity index is 388. The van der Waals surface area contributed by atoms with Gasteiger partial charge in [-0.3, -0.25) is 4.55 Å². The van der Waals surface area contributed by atoms with Crippen LogP contribution in [0.4, 0.5) is 0 Å². The van der Waals surface area contributed by atoms with Crippen LogP contribution in [0.15, 0.2) is 12.4 Å². The van der Waals surface area contributed by atoms with Gasteiger partial charge in [0.25, 0.3) is 10.1 Å². The van der Waals surface area contributed by atoms with Gasteiger partial charge in [-0.2, -0.15) is 8.42 Å². The van der Waals surface area contributed by atoms with Crippen molar-refractivity contribution in [3.8, 4) is 0 Å². The topological polar surface area (TPSA) is 60.9 Å². The maximum Gasteiger partial charge on any atom is 0.261 e. The molecule has 0 aromatic rings. The van der Waals surface area contributed by atoms with E-state index in [9.17, 15) is 8.42 Å². The lowest BCUT2D eigenvalue weighted by molar-refractivity contribution is 0.192. The van der Waals surface area contributed by atoms with E-state index in [1.807, 2.05) is 0 Å². The Morgan fingerprint density at radius 3 is 1.86 bits per heavy atom. The van der Waals surface area contributed by atoms with Gasteiger partial charge in [0.1, 0.15) is 0 Å². The Hall–Kier alpha value is -0.750. The van der Waals surface area contributed by atoms with Crippen molar-refractivity contribution in [2.75, 3.05) is 19.8 Å². The molecule has 132 valence electrons. The van der Waals surface area contributed by atoms with Crippen LogP contribution in [0.3, 0.4) is 0 Å². The zero-order valence-electron chi connectivity index (χ0n) is 14.7. The number of hydrogen-bond acceptors (Lipinski definition) is 4. The van der Waals surface area contributed by atoms with Crippen molar-refractivity contribution in [1.29, 1.82) is 0 Å². The molecule has 0 amide bonds. The first-order valence-electron chi connectivity index (χ1n) is 8.34. The highest BCUT2D eigenvalue weighted by molar-refractivity contribution is 7.85. The van der Waals surface area contributed by atoms with E-state index < -0.39 is 10.1 Å². The van der Waals surface area contributed by atoms with E-state index in [1.54, 1.807) is 0 Å². The highest BCUT2D eigenvalue weighted by Gasteiger charge is 2.17. The Morgan fingerprint density at radius 1 is 1.00 bits per heavy atom. The summed E-state index contributed by atoms with van der Waals surface area (Å²) < 4.78 is 25.9. The van der Waals surface area contributed by atoms with Crippen LogP contribution in [-0.2, 0) is 10.1 Å². The second-order valence-electron chi connectivity index (χ2n) is 6.04. The molecular weight excluding hydrogens is 300 g/mol. The fraction of sp³-hybridized carbons (Fsp3) is 0.875. The molecule has 0 fully saturated rings. The lowest BCUT2D eigenvalue weighted by Crippen LogP contribution is -2.34. The van der Waals surface area contributed by atoms with Gasteiger partial charge in [-0.15, -0.1) is 0 Å². The molecule has 1 unspecified atom stereocenters. The largest absolute Gasteiger partial charge is 0.359 e. The molecule has 0 aromatic heterocycles. The van der Waals surface area contributed by atoms with Crippen LogP contribution in [0.2, 0.25) is 0 Å². The summed E-state index contributed by atoms with van der Waals surface area (Å²) in [6.07, 6.45) is 16.9. The van der Waals surface area contributed by atoms with Crippen molar-refractivity contribution in [1.82, 2.24) is 9.80 Å². The van der Waals surface area contributed by atoms with Gasteiger partial charge in [-0.05, 0) is 13.3 Å². The lowest BCUT2D eigenvalue weighted by Gasteiger charge is -2.26. The SMILES string of the molecule is CCCCCCCCCCN1C=CN(C)C1C.CS(=O)(=O)O. The number of nitrogens with zero attached hydrogens (tertiary/aromatic N) is 2. The van der Waals surface area contributed by atoms with Crippen molar-refractivity contribution < 1.29 is 13.0 Å². The van der Waals surface area contributed by atoms with E-state index in [2.05, 4.69) is 43.1 Å². The van der Waals surface area contributed by atoms with Crippen molar-refractivity contribution >= 4 is 10.1 Å². The Kier molecular flexibility index (Phi) is 11.4. The van der Waals surface area contributed by atoms with Crippen molar-refractivity contribution in [2.45, 2.75) is 71.4 Å². The van der Waals surface area contributed by atoms with Gasteiger partial charge < -0.3 is 9.80 Å². The lowest BCUT2D eigenvalue weighted by atomic mass is 10.1. The predicted octanol–water partition coefficient (Wildman–Crippen LogP) is 3.70. The Labute approximate surface area is 137 Å². The van der Waals surface area contributed by atoms with E-state index in [0.29, 0.717) is 12.4 Å². The number of unbranched alkanes of at least 4 members (excludes halogenated alkanes) is 7. The van der Waals surface area contributed by atoms with Crippen LogP contribution in [0.25, 0.3) is 0 Å². The van der Waals surface area contributed by atoms with Gasteiger partial charge in [-0.25, -0.2) is 0 Å². The van der Waals surface area contributed by atoms with Crippen LogP contribution in [0.1, 0.15) is 65.2 Å². The molecule has 5 nitrogen and oxygen atoms in total. The smallest absolute Gasteiger partial charge is 0.261 e. The van der Waals surface area contributed by atoms with E-state index in [0.717, 1.165) is 0 Å². The fourth-order valence-electron chi connectivity index (χ4n) is 2.36. The zero-order valence-corrected chi connectivity index (χ0v) is 15.5. The predicted molar refractivity (Wildman–Crippen MR) is 93.2 cm³/mol. The molecular formula is C16H34N2O3S. The first-order chi connectivity index (χ1) is 10.3. The summed E-state index contributed by atoms with van der Waals surface area (Å²) in [6, 6.07) is 0. The standard InChI is InChI=1S/C15H30N2.CH4O3S/c1-4-5-6-7-8-9-10-11-12-17-14-13-16(3)15(17)2;1-5(2,3)4/h13-15H,4-12H2,1-3H3;1H3,(H,2,3,4). The summed E-state index contributed by atoms with van der Waals surface area (Å²) in [5.74, 6) is 0. The third kappa shape index (κ3) is 13.0. The van der Waals surface area contributed by atoms with E-state index in [1.165, 1.54) is 57.9 Å². The molecule has 22 heavy (non-hydrogen) atoms. The molecule has 1 aliphatic rings. The van der Waals surface area contributed by atoms with Crippen LogP contribution in [0.5, 0.6) is 0 Å². The fourth-order valence-corrected chi connectivity index (χ4v) is 2.36. The normalized spacial score (nSPS) is 17.6. The van der Waals surface area contributed by atoms with Crippen molar-refractivity contribution in [3.05, 3.63) is 12.4 Å². The zero-order chi connectivity index (χ0) is 17.0. The van der Waals surface area contributed by atoms with Gasteiger partial charge in [0.15, 0.2) is 0 Å². The molecule has 1 heterocycles. The number of rotatable bonds is 9. The summed E-state index contributed by atoms with van der Waals surface area (Å²) in [7, 11) is -1.52. The molecule has 0 saturated carbocycles. The second-order valence-corrected chi connectivity index (χ2v) is 7.51. The summed E-state index contributed by atoms with van der Waals surface area (Å²) in [6.45, 7) is 5.77. The van der Waals surface area contributed by atoms with Gasteiger partial charge in [0.2, 0.25) is 0 Å². The van der Waals surface area contributed by atoms with Gasteiger partial charge >= 0.3 is 0 Å². The molecule has 1 atom stereocenters. The van der Waals surface area contributed by atoms with Crippen molar-refractivity contribution in [3.63, 3.8) is 0 Å². The van der Waals surface area contributed by atoms with Crippen LogP contribution >= 0.6 is 0 Å². The monoisotopic (exact) mass is 334 g/mol. The molecule has 6 heteroatoms. The summed E-state index contributed by atoms with van der Waals surface area (Å²) in [5.41, 5.74) is 0. The first-order valence-corrected chi connectivity index (χ1v) is 10.2. The maximum absolute atomic E-state index is 9.19. The average molecular weight is 335 g/mol. The third-order valence-corrected chi connectivity index (χ3v) is 3.83. The molecule has 1 aliphatic heterocycles. The maximum atomic E-state index is 9.19. The quantitative estimate of drug-likeness (QED) is 0.514.